The molecule has 0 saturated heterocycles. The second kappa shape index (κ2) is 7.06. The van der Waals surface area contributed by atoms with Crippen molar-refractivity contribution in [2.75, 3.05) is 0 Å². The summed E-state index contributed by atoms with van der Waals surface area (Å²) in [4.78, 5) is 0. The first-order valence-electron chi connectivity index (χ1n) is 8.93. The van der Waals surface area contributed by atoms with Crippen molar-refractivity contribution in [2.24, 2.45) is 0 Å². The highest BCUT2D eigenvalue weighted by Crippen LogP contribution is 2.42. The van der Waals surface area contributed by atoms with Gasteiger partial charge in [-0.25, -0.2) is 0 Å². The molecule has 0 aliphatic rings. The van der Waals surface area contributed by atoms with Crippen LogP contribution in [0.3, 0.4) is 0 Å². The first-order chi connectivity index (χ1) is 12.3. The maximum Gasteiger partial charge on any atom is 0.145 e. The maximum atomic E-state index is 11.9. The molecule has 0 heterocycles. The molecule has 2 heteroatoms. The van der Waals surface area contributed by atoms with Gasteiger partial charge in [-0.05, 0) is 44.4 Å². The summed E-state index contributed by atoms with van der Waals surface area (Å²) < 4.78 is 0. The van der Waals surface area contributed by atoms with E-state index in [1.54, 1.807) is 0 Å². The van der Waals surface area contributed by atoms with Gasteiger partial charge in [0.1, 0.15) is 11.7 Å². The third-order valence-corrected chi connectivity index (χ3v) is 4.83. The van der Waals surface area contributed by atoms with Crippen molar-refractivity contribution in [3.05, 3.63) is 106 Å². The number of hydrogen-bond acceptors (Lipinski definition) is 2. The molecule has 0 aliphatic carbocycles. The van der Waals surface area contributed by atoms with Crippen LogP contribution in [0.1, 0.15) is 45.0 Å². The van der Waals surface area contributed by atoms with Crippen molar-refractivity contribution in [2.45, 2.75) is 39.4 Å². The third-order valence-electron chi connectivity index (χ3n) is 4.83. The lowest BCUT2D eigenvalue weighted by molar-refractivity contribution is -0.0518. The van der Waals surface area contributed by atoms with E-state index in [1.807, 2.05) is 82.3 Å². The van der Waals surface area contributed by atoms with Gasteiger partial charge in [-0.3, -0.25) is 0 Å². The molecule has 3 aromatic carbocycles. The van der Waals surface area contributed by atoms with Crippen LogP contribution in [0.15, 0.2) is 66.7 Å². The van der Waals surface area contributed by atoms with Gasteiger partial charge < -0.3 is 10.2 Å². The second-order valence-corrected chi connectivity index (χ2v) is 7.33. The minimum atomic E-state index is -1.53. The van der Waals surface area contributed by atoms with Gasteiger partial charge >= 0.3 is 0 Å². The molecule has 0 amide bonds. The average Bonchev–Trinajstić information content (AvgIpc) is 2.59. The number of benzene rings is 3. The van der Waals surface area contributed by atoms with Crippen LogP contribution >= 0.6 is 0 Å². The summed E-state index contributed by atoms with van der Waals surface area (Å²) in [6.07, 6.45) is -1.08. The van der Waals surface area contributed by atoms with Crippen molar-refractivity contribution in [1.82, 2.24) is 0 Å². The van der Waals surface area contributed by atoms with E-state index in [0.29, 0.717) is 16.7 Å². The first-order valence-corrected chi connectivity index (χ1v) is 8.93. The summed E-state index contributed by atoms with van der Waals surface area (Å²) in [6, 6.07) is 21.3. The molecule has 0 radical (unpaired) electrons. The molecule has 0 fully saturated rings. The van der Waals surface area contributed by atoms with Crippen LogP contribution in [0.4, 0.5) is 0 Å². The highest BCUT2D eigenvalue weighted by molar-refractivity contribution is 5.45. The lowest BCUT2D eigenvalue weighted by atomic mass is 9.77. The summed E-state index contributed by atoms with van der Waals surface area (Å²) >= 11 is 0. The van der Waals surface area contributed by atoms with Crippen LogP contribution in [0.2, 0.25) is 0 Å². The molecule has 0 unspecified atom stereocenters. The smallest absolute Gasteiger partial charge is 0.145 e. The monoisotopic (exact) mass is 346 g/mol. The molecule has 0 aliphatic heterocycles. The van der Waals surface area contributed by atoms with Gasteiger partial charge in [-0.1, -0.05) is 89.0 Å². The summed E-state index contributed by atoms with van der Waals surface area (Å²) in [6.45, 7) is 8.03. The highest BCUT2D eigenvalue weighted by atomic mass is 16.3. The first kappa shape index (κ1) is 18.4. The van der Waals surface area contributed by atoms with Crippen molar-refractivity contribution in [1.29, 1.82) is 0 Å². The molecule has 0 spiro atoms. The molecule has 0 bridgehead atoms. The van der Waals surface area contributed by atoms with E-state index in [2.05, 4.69) is 12.1 Å². The van der Waals surface area contributed by atoms with Gasteiger partial charge in [0.25, 0.3) is 0 Å². The van der Waals surface area contributed by atoms with Crippen LogP contribution in [-0.4, -0.2) is 10.2 Å². The second-order valence-electron chi connectivity index (χ2n) is 7.33. The van der Waals surface area contributed by atoms with Crippen molar-refractivity contribution in [3.8, 4) is 0 Å². The van der Waals surface area contributed by atoms with Crippen molar-refractivity contribution >= 4 is 0 Å². The van der Waals surface area contributed by atoms with E-state index in [-0.39, 0.29) is 0 Å². The molecular formula is C24H26O2. The minimum Gasteiger partial charge on any atom is -0.385 e. The van der Waals surface area contributed by atoms with Crippen LogP contribution in [0, 0.1) is 27.7 Å². The number of hydrogen-bond donors (Lipinski definition) is 2. The van der Waals surface area contributed by atoms with Gasteiger partial charge in [-0.15, -0.1) is 0 Å². The molecule has 1 atom stereocenters. The van der Waals surface area contributed by atoms with Crippen LogP contribution in [-0.2, 0) is 5.60 Å². The molecule has 2 nitrogen and oxygen atoms in total. The quantitative estimate of drug-likeness (QED) is 0.706. The molecule has 2 N–H and O–H groups in total. The normalized spacial score (nSPS) is 12.8. The highest BCUT2D eigenvalue weighted by Gasteiger charge is 2.40. The van der Waals surface area contributed by atoms with Gasteiger partial charge in [0.15, 0.2) is 0 Å². The number of rotatable bonds is 4. The fourth-order valence-electron chi connectivity index (χ4n) is 3.75. The molecule has 3 aromatic rings. The Morgan fingerprint density at radius 3 is 1.42 bits per heavy atom. The Kier molecular flexibility index (Phi) is 4.99. The van der Waals surface area contributed by atoms with E-state index >= 15 is 0 Å². The van der Waals surface area contributed by atoms with Crippen molar-refractivity contribution in [3.63, 3.8) is 0 Å². The Morgan fingerprint density at radius 1 is 0.654 bits per heavy atom. The molecular weight excluding hydrogens is 320 g/mol. The number of aliphatic hydroxyl groups is 2. The standard InChI is InChI=1S/C24H26O2/c1-16-10-17(2)13-21(12-16)24(26,22-14-18(3)11-19(4)15-22)23(25)20-8-6-5-7-9-20/h5-15,23,25-26H,1-4H3/t23-/m1/s1. The van der Waals surface area contributed by atoms with Gasteiger partial charge in [-0.2, -0.15) is 0 Å². The van der Waals surface area contributed by atoms with Gasteiger partial charge in [0, 0.05) is 0 Å². The van der Waals surface area contributed by atoms with E-state index < -0.39 is 11.7 Å². The average molecular weight is 346 g/mol. The Hall–Kier alpha value is -2.42. The summed E-state index contributed by atoms with van der Waals surface area (Å²) in [5.41, 5.74) is 4.80. The summed E-state index contributed by atoms with van der Waals surface area (Å²) in [7, 11) is 0. The number of aryl methyl sites for hydroxylation is 4. The lowest BCUT2D eigenvalue weighted by Gasteiger charge is -2.35. The van der Waals surface area contributed by atoms with E-state index in [9.17, 15) is 10.2 Å². The molecule has 26 heavy (non-hydrogen) atoms. The molecule has 134 valence electrons. The predicted molar refractivity (Wildman–Crippen MR) is 106 cm³/mol. The van der Waals surface area contributed by atoms with E-state index in [1.165, 1.54) is 0 Å². The summed E-state index contributed by atoms with van der Waals surface area (Å²) in [5, 5.41) is 23.2. The Bertz CT molecular complexity index is 821. The Morgan fingerprint density at radius 2 is 1.04 bits per heavy atom. The van der Waals surface area contributed by atoms with E-state index in [0.717, 1.165) is 22.3 Å². The SMILES string of the molecule is Cc1cc(C)cc(C(O)(c2cc(C)cc(C)c2)[C@H](O)c2ccccc2)c1. The number of aliphatic hydroxyl groups excluding tert-OH is 1. The largest absolute Gasteiger partial charge is 0.385 e. The van der Waals surface area contributed by atoms with E-state index in [4.69, 9.17) is 0 Å². The van der Waals surface area contributed by atoms with Crippen LogP contribution in [0.5, 0.6) is 0 Å². The molecule has 3 rings (SSSR count). The third kappa shape index (κ3) is 3.44. The minimum absolute atomic E-state index is 0.688. The van der Waals surface area contributed by atoms with Crippen LogP contribution in [0.25, 0.3) is 0 Å². The lowest BCUT2D eigenvalue weighted by Crippen LogP contribution is -2.35. The fourth-order valence-corrected chi connectivity index (χ4v) is 3.75. The molecule has 0 saturated carbocycles. The zero-order chi connectivity index (χ0) is 18.9. The predicted octanol–water partition coefficient (Wildman–Crippen LogP) is 4.89. The van der Waals surface area contributed by atoms with Crippen molar-refractivity contribution < 1.29 is 10.2 Å². The molecule has 0 aromatic heterocycles. The Balaban J connectivity index is 2.27. The zero-order valence-electron chi connectivity index (χ0n) is 15.8. The fraction of sp³-hybridized carbons (Fsp3) is 0.250. The topological polar surface area (TPSA) is 40.5 Å². The maximum absolute atomic E-state index is 11.9. The summed E-state index contributed by atoms with van der Waals surface area (Å²) in [5.74, 6) is 0. The zero-order valence-corrected chi connectivity index (χ0v) is 15.8. The van der Waals surface area contributed by atoms with Gasteiger partial charge in [0.2, 0.25) is 0 Å². The van der Waals surface area contributed by atoms with Gasteiger partial charge in [0.05, 0.1) is 0 Å². The Labute approximate surface area is 155 Å². The van der Waals surface area contributed by atoms with Crippen LogP contribution < -0.4 is 0 Å².